The van der Waals surface area contributed by atoms with Crippen LogP contribution in [-0.2, 0) is 4.74 Å². The van der Waals surface area contributed by atoms with Crippen LogP contribution in [0.25, 0.3) is 0 Å². The highest BCUT2D eigenvalue weighted by molar-refractivity contribution is 6.30. The van der Waals surface area contributed by atoms with Gasteiger partial charge in [-0.05, 0) is 61.8 Å². The molecule has 1 aromatic rings. The summed E-state index contributed by atoms with van der Waals surface area (Å²) in [5, 5.41) is 4.39. The first kappa shape index (κ1) is 15.8. The van der Waals surface area contributed by atoms with Crippen LogP contribution in [-0.4, -0.2) is 26.3 Å². The molecule has 2 nitrogen and oxygen atoms in total. The van der Waals surface area contributed by atoms with Crippen LogP contribution in [0.15, 0.2) is 24.3 Å². The van der Waals surface area contributed by atoms with Gasteiger partial charge in [-0.15, -0.1) is 0 Å². The molecule has 2 rings (SSSR count). The molecule has 0 radical (unpaired) electrons. The van der Waals surface area contributed by atoms with Gasteiger partial charge in [0.25, 0.3) is 0 Å². The van der Waals surface area contributed by atoms with Gasteiger partial charge in [-0.2, -0.15) is 0 Å². The zero-order chi connectivity index (χ0) is 14.2. The SMILES string of the molecule is CCCNCC(CC1CCOCC1)c1ccc(Cl)cc1. The van der Waals surface area contributed by atoms with Gasteiger partial charge in [0, 0.05) is 24.8 Å². The number of hydrogen-bond acceptors (Lipinski definition) is 2. The van der Waals surface area contributed by atoms with Crippen molar-refractivity contribution in [2.24, 2.45) is 5.92 Å². The first-order valence-electron chi connectivity index (χ1n) is 7.83. The van der Waals surface area contributed by atoms with E-state index in [-0.39, 0.29) is 0 Å². The van der Waals surface area contributed by atoms with Crippen LogP contribution in [0.2, 0.25) is 5.02 Å². The predicted octanol–water partition coefficient (Wildman–Crippen LogP) is 4.24. The molecule has 1 aliphatic rings. The maximum atomic E-state index is 6.00. The van der Waals surface area contributed by atoms with E-state index in [0.717, 1.165) is 37.2 Å². The highest BCUT2D eigenvalue weighted by Gasteiger charge is 2.20. The molecule has 0 aliphatic carbocycles. The maximum Gasteiger partial charge on any atom is 0.0468 e. The van der Waals surface area contributed by atoms with Crippen molar-refractivity contribution in [1.29, 1.82) is 0 Å². The maximum absolute atomic E-state index is 6.00. The van der Waals surface area contributed by atoms with Gasteiger partial charge in [-0.25, -0.2) is 0 Å². The Bertz CT molecular complexity index is 373. The molecule has 3 heteroatoms. The van der Waals surface area contributed by atoms with Gasteiger partial charge >= 0.3 is 0 Å². The summed E-state index contributed by atoms with van der Waals surface area (Å²) in [6.45, 7) is 6.23. The van der Waals surface area contributed by atoms with Crippen molar-refractivity contribution in [2.75, 3.05) is 26.3 Å². The normalized spacial score (nSPS) is 18.1. The Labute approximate surface area is 127 Å². The van der Waals surface area contributed by atoms with E-state index in [9.17, 15) is 0 Å². The third-order valence-corrected chi connectivity index (χ3v) is 4.37. The first-order chi connectivity index (χ1) is 9.79. The molecule has 0 spiro atoms. The summed E-state index contributed by atoms with van der Waals surface area (Å²) in [5.74, 6) is 1.38. The van der Waals surface area contributed by atoms with Gasteiger partial charge in [0.15, 0.2) is 0 Å². The second-order valence-corrected chi connectivity index (χ2v) is 6.18. The topological polar surface area (TPSA) is 21.3 Å². The summed E-state index contributed by atoms with van der Waals surface area (Å²) >= 11 is 6.00. The number of rotatable bonds is 7. The molecular weight excluding hydrogens is 270 g/mol. The lowest BCUT2D eigenvalue weighted by molar-refractivity contribution is 0.0616. The van der Waals surface area contributed by atoms with Crippen molar-refractivity contribution >= 4 is 11.6 Å². The van der Waals surface area contributed by atoms with Crippen molar-refractivity contribution in [3.05, 3.63) is 34.9 Å². The molecule has 1 aliphatic heterocycles. The predicted molar refractivity (Wildman–Crippen MR) is 85.5 cm³/mol. The van der Waals surface area contributed by atoms with Gasteiger partial charge < -0.3 is 10.1 Å². The van der Waals surface area contributed by atoms with E-state index >= 15 is 0 Å². The lowest BCUT2D eigenvalue weighted by Gasteiger charge is -2.27. The Morgan fingerprint density at radius 3 is 2.60 bits per heavy atom. The van der Waals surface area contributed by atoms with E-state index in [1.807, 2.05) is 12.1 Å². The lowest BCUT2D eigenvalue weighted by Crippen LogP contribution is -2.26. The zero-order valence-corrected chi connectivity index (χ0v) is 13.2. The molecule has 112 valence electrons. The molecule has 0 saturated carbocycles. The van der Waals surface area contributed by atoms with Gasteiger partial charge in [0.1, 0.15) is 0 Å². The minimum atomic E-state index is 0.585. The number of benzene rings is 1. The lowest BCUT2D eigenvalue weighted by atomic mass is 9.85. The first-order valence-corrected chi connectivity index (χ1v) is 8.21. The van der Waals surface area contributed by atoms with Crippen molar-refractivity contribution < 1.29 is 4.74 Å². The third-order valence-electron chi connectivity index (χ3n) is 4.12. The van der Waals surface area contributed by atoms with Crippen LogP contribution in [0.3, 0.4) is 0 Å². The van der Waals surface area contributed by atoms with E-state index in [1.54, 1.807) is 0 Å². The Morgan fingerprint density at radius 2 is 1.95 bits per heavy atom. The van der Waals surface area contributed by atoms with Crippen LogP contribution in [0, 0.1) is 5.92 Å². The van der Waals surface area contributed by atoms with Crippen molar-refractivity contribution in [3.8, 4) is 0 Å². The molecule has 0 aromatic heterocycles. The highest BCUT2D eigenvalue weighted by Crippen LogP contribution is 2.29. The fourth-order valence-corrected chi connectivity index (χ4v) is 3.04. The zero-order valence-electron chi connectivity index (χ0n) is 12.4. The third kappa shape index (κ3) is 5.08. The molecule has 1 heterocycles. The smallest absolute Gasteiger partial charge is 0.0468 e. The molecule has 1 N–H and O–H groups in total. The number of hydrogen-bond donors (Lipinski definition) is 1. The molecule has 1 unspecified atom stereocenters. The van der Waals surface area contributed by atoms with Gasteiger partial charge in [0.05, 0.1) is 0 Å². The van der Waals surface area contributed by atoms with Crippen LogP contribution in [0.5, 0.6) is 0 Å². The minimum Gasteiger partial charge on any atom is -0.381 e. The van der Waals surface area contributed by atoms with Gasteiger partial charge in [-0.3, -0.25) is 0 Å². The van der Waals surface area contributed by atoms with Crippen LogP contribution in [0.1, 0.15) is 44.1 Å². The van der Waals surface area contributed by atoms with E-state index in [0.29, 0.717) is 5.92 Å². The molecule has 1 atom stereocenters. The van der Waals surface area contributed by atoms with E-state index in [1.165, 1.54) is 31.2 Å². The summed E-state index contributed by atoms with van der Waals surface area (Å²) in [5.41, 5.74) is 1.41. The molecule has 1 saturated heterocycles. The molecule has 20 heavy (non-hydrogen) atoms. The number of ether oxygens (including phenoxy) is 1. The van der Waals surface area contributed by atoms with E-state index in [4.69, 9.17) is 16.3 Å². The number of halogens is 1. The average Bonchev–Trinajstić information content (AvgIpc) is 2.48. The summed E-state index contributed by atoms with van der Waals surface area (Å²) in [6.07, 6.45) is 4.85. The molecular formula is C17H26ClNO. The Balaban J connectivity index is 1.97. The fourth-order valence-electron chi connectivity index (χ4n) is 2.91. The minimum absolute atomic E-state index is 0.585. The van der Waals surface area contributed by atoms with Crippen LogP contribution in [0.4, 0.5) is 0 Å². The highest BCUT2D eigenvalue weighted by atomic mass is 35.5. The molecule has 0 amide bonds. The average molecular weight is 296 g/mol. The quantitative estimate of drug-likeness (QED) is 0.760. The standard InChI is InChI=1S/C17H26ClNO/c1-2-9-19-13-16(12-14-7-10-20-11-8-14)15-3-5-17(18)6-4-15/h3-6,14,16,19H,2,7-13H2,1H3. The second kappa shape index (κ2) is 8.66. The van der Waals surface area contributed by atoms with E-state index in [2.05, 4.69) is 24.4 Å². The van der Waals surface area contributed by atoms with Gasteiger partial charge in [0.2, 0.25) is 0 Å². The molecule has 1 fully saturated rings. The molecule has 1 aromatic carbocycles. The summed E-state index contributed by atoms with van der Waals surface area (Å²) < 4.78 is 5.47. The van der Waals surface area contributed by atoms with Crippen LogP contribution >= 0.6 is 11.6 Å². The summed E-state index contributed by atoms with van der Waals surface area (Å²) in [7, 11) is 0. The van der Waals surface area contributed by atoms with E-state index < -0.39 is 0 Å². The largest absolute Gasteiger partial charge is 0.381 e. The van der Waals surface area contributed by atoms with Gasteiger partial charge in [-0.1, -0.05) is 30.7 Å². The van der Waals surface area contributed by atoms with Crippen molar-refractivity contribution in [2.45, 2.75) is 38.5 Å². The second-order valence-electron chi connectivity index (χ2n) is 5.74. The fraction of sp³-hybridized carbons (Fsp3) is 0.647. The Hall–Kier alpha value is -0.570. The monoisotopic (exact) mass is 295 g/mol. The summed E-state index contributed by atoms with van der Waals surface area (Å²) in [4.78, 5) is 0. The number of nitrogens with one attached hydrogen (secondary N) is 1. The van der Waals surface area contributed by atoms with Crippen molar-refractivity contribution in [1.82, 2.24) is 5.32 Å². The molecule has 0 bridgehead atoms. The Kier molecular flexibility index (Phi) is 6.85. The summed E-state index contributed by atoms with van der Waals surface area (Å²) in [6, 6.07) is 8.38. The Morgan fingerprint density at radius 1 is 1.25 bits per heavy atom. The van der Waals surface area contributed by atoms with Crippen LogP contribution < -0.4 is 5.32 Å². The van der Waals surface area contributed by atoms with Crippen molar-refractivity contribution in [3.63, 3.8) is 0 Å².